The Kier molecular flexibility index (Phi) is 5.35. The van der Waals surface area contributed by atoms with E-state index in [1.165, 1.54) is 32.0 Å². The molecule has 2 N–H and O–H groups in total. The van der Waals surface area contributed by atoms with Crippen LogP contribution in [-0.4, -0.2) is 37.0 Å². The van der Waals surface area contributed by atoms with Crippen LogP contribution in [0.3, 0.4) is 0 Å². The lowest BCUT2D eigenvalue weighted by Crippen LogP contribution is -2.39. The number of rotatable bonds is 5. The zero-order chi connectivity index (χ0) is 16.4. The third kappa shape index (κ3) is 4.39. The number of sulfonamides is 1. The third-order valence-electron chi connectivity index (χ3n) is 2.80. The second-order valence-electron chi connectivity index (χ2n) is 4.39. The van der Waals surface area contributed by atoms with Gasteiger partial charge in [0.1, 0.15) is 11.5 Å². The molecule has 0 aliphatic rings. The minimum absolute atomic E-state index is 0.0229. The summed E-state index contributed by atoms with van der Waals surface area (Å²) in [6.45, 7) is 1.01. The summed E-state index contributed by atoms with van der Waals surface area (Å²) in [6.07, 6.45) is -4.61. The molecule has 1 aromatic carbocycles. The van der Waals surface area contributed by atoms with Gasteiger partial charge in [-0.05, 0) is 18.6 Å². The van der Waals surface area contributed by atoms with Gasteiger partial charge in [-0.25, -0.2) is 8.42 Å². The van der Waals surface area contributed by atoms with Gasteiger partial charge < -0.3 is 5.73 Å². The molecule has 0 aliphatic carbocycles. The van der Waals surface area contributed by atoms with Crippen LogP contribution < -0.4 is 5.73 Å². The zero-order valence-corrected chi connectivity index (χ0v) is 13.1. The van der Waals surface area contributed by atoms with Crippen LogP contribution in [0.4, 0.5) is 13.2 Å². The van der Waals surface area contributed by atoms with E-state index in [9.17, 15) is 21.6 Å². The number of nitrogens with zero attached hydrogens (tertiary/aromatic N) is 1. The topological polar surface area (TPSA) is 63.4 Å². The van der Waals surface area contributed by atoms with Crippen molar-refractivity contribution in [1.82, 2.24) is 4.31 Å². The molecule has 9 heteroatoms. The number of aryl methyl sites for hydroxylation is 1. The van der Waals surface area contributed by atoms with Gasteiger partial charge in [-0.15, -0.1) is 0 Å². The fourth-order valence-electron chi connectivity index (χ4n) is 1.74. The molecule has 21 heavy (non-hydrogen) atoms. The first kappa shape index (κ1) is 17.9. The zero-order valence-electron chi connectivity index (χ0n) is 11.4. The highest BCUT2D eigenvalue weighted by Gasteiger charge is 2.36. The number of alkyl halides is 3. The van der Waals surface area contributed by atoms with E-state index in [0.717, 1.165) is 0 Å². The molecule has 0 amide bonds. The molecule has 1 rings (SSSR count). The van der Waals surface area contributed by atoms with Crippen molar-refractivity contribution in [2.24, 2.45) is 5.73 Å². The average molecular weight is 340 g/mol. The monoisotopic (exact) mass is 340 g/mol. The Morgan fingerprint density at radius 3 is 2.38 bits per heavy atom. The molecular weight excluding hydrogens is 325 g/mol. The molecule has 0 unspecified atom stereocenters. The lowest BCUT2D eigenvalue weighted by atomic mass is 10.1. The van der Waals surface area contributed by atoms with E-state index in [2.05, 4.69) is 0 Å². The van der Waals surface area contributed by atoms with E-state index in [1.807, 2.05) is 0 Å². The maximum Gasteiger partial charge on any atom is 0.402 e. The summed E-state index contributed by atoms with van der Waals surface area (Å²) in [4.78, 5) is -0.246. The molecule has 0 atom stereocenters. The molecule has 0 aliphatic heterocycles. The van der Waals surface area contributed by atoms with Crippen LogP contribution in [0.15, 0.2) is 23.1 Å². The number of halogens is 3. The van der Waals surface area contributed by atoms with Crippen molar-refractivity contribution in [3.05, 3.63) is 29.3 Å². The summed E-state index contributed by atoms with van der Waals surface area (Å²) < 4.78 is 62.6. The van der Waals surface area contributed by atoms with Crippen LogP contribution in [0.25, 0.3) is 0 Å². The first-order chi connectivity index (χ1) is 9.49. The van der Waals surface area contributed by atoms with Gasteiger partial charge in [-0.1, -0.05) is 31.3 Å². The van der Waals surface area contributed by atoms with Crippen molar-refractivity contribution in [1.29, 1.82) is 0 Å². The second-order valence-corrected chi connectivity index (χ2v) is 6.74. The lowest BCUT2D eigenvalue weighted by Gasteiger charge is -2.23. The fraction of sp³-hybridized carbons (Fsp3) is 0.417. The molecule has 0 radical (unpaired) electrons. The number of benzene rings is 1. The van der Waals surface area contributed by atoms with Crippen LogP contribution in [0.1, 0.15) is 18.1 Å². The maximum absolute atomic E-state index is 12.5. The van der Waals surface area contributed by atoms with Crippen LogP contribution >= 0.6 is 12.2 Å². The first-order valence-electron chi connectivity index (χ1n) is 5.96. The predicted molar refractivity (Wildman–Crippen MR) is 77.6 cm³/mol. The normalized spacial score (nSPS) is 12.7. The summed E-state index contributed by atoms with van der Waals surface area (Å²) in [7, 11) is -4.27. The Morgan fingerprint density at radius 2 is 1.95 bits per heavy atom. The van der Waals surface area contributed by atoms with E-state index in [4.69, 9.17) is 18.0 Å². The van der Waals surface area contributed by atoms with Crippen molar-refractivity contribution in [3.63, 3.8) is 0 Å². The van der Waals surface area contributed by atoms with Crippen LogP contribution in [0, 0.1) is 6.92 Å². The van der Waals surface area contributed by atoms with Crippen LogP contribution in [0.5, 0.6) is 0 Å². The molecule has 118 valence electrons. The Hall–Kier alpha value is -1.19. The highest BCUT2D eigenvalue weighted by molar-refractivity contribution is 7.89. The Balaban J connectivity index is 3.35. The quantitative estimate of drug-likeness (QED) is 0.835. The van der Waals surface area contributed by atoms with Gasteiger partial charge in [0, 0.05) is 12.1 Å². The molecular formula is C12H15F3N2O2S2. The largest absolute Gasteiger partial charge is 0.402 e. The minimum atomic E-state index is -4.61. The molecule has 0 fully saturated rings. The lowest BCUT2D eigenvalue weighted by molar-refractivity contribution is -0.135. The summed E-state index contributed by atoms with van der Waals surface area (Å²) in [5, 5.41) is 0. The second kappa shape index (κ2) is 6.29. The summed E-state index contributed by atoms with van der Waals surface area (Å²) in [5.74, 6) is 0. The first-order valence-corrected chi connectivity index (χ1v) is 7.81. The molecule has 4 nitrogen and oxygen atoms in total. The molecule has 0 saturated carbocycles. The van der Waals surface area contributed by atoms with Crippen molar-refractivity contribution in [2.75, 3.05) is 13.1 Å². The maximum atomic E-state index is 12.5. The number of hydrogen-bond acceptors (Lipinski definition) is 3. The van der Waals surface area contributed by atoms with Gasteiger partial charge in [-0.3, -0.25) is 0 Å². The van der Waals surface area contributed by atoms with E-state index in [0.29, 0.717) is 9.87 Å². The van der Waals surface area contributed by atoms with E-state index >= 15 is 0 Å². The van der Waals surface area contributed by atoms with Gasteiger partial charge in [0.15, 0.2) is 0 Å². The van der Waals surface area contributed by atoms with Crippen molar-refractivity contribution in [2.45, 2.75) is 24.9 Å². The third-order valence-corrected chi connectivity index (χ3v) is 5.10. The van der Waals surface area contributed by atoms with Crippen molar-refractivity contribution < 1.29 is 21.6 Å². The average Bonchev–Trinajstić information content (AvgIpc) is 2.34. The summed E-state index contributed by atoms with van der Waals surface area (Å²) in [6, 6.07) is 4.19. The standard InChI is InChI=1S/C12H15F3N2O2S2/c1-3-17(7-12(13,14)15)21(18,19)10-6-9(11(16)20)5-4-8(10)2/h4-6H,3,7H2,1-2H3,(H2,16,20). The van der Waals surface area contributed by atoms with Gasteiger partial charge in [-0.2, -0.15) is 17.5 Å². The van der Waals surface area contributed by atoms with E-state index in [1.54, 1.807) is 0 Å². The molecule has 0 aromatic heterocycles. The van der Waals surface area contributed by atoms with Crippen LogP contribution in [0.2, 0.25) is 0 Å². The summed E-state index contributed by atoms with van der Waals surface area (Å²) >= 11 is 4.76. The van der Waals surface area contributed by atoms with Gasteiger partial charge in [0.25, 0.3) is 0 Å². The molecule has 0 bridgehead atoms. The Labute approximate surface area is 126 Å². The number of hydrogen-bond donors (Lipinski definition) is 1. The fourth-order valence-corrected chi connectivity index (χ4v) is 3.55. The van der Waals surface area contributed by atoms with Gasteiger partial charge in [0.2, 0.25) is 10.0 Å². The highest BCUT2D eigenvalue weighted by atomic mass is 32.2. The van der Waals surface area contributed by atoms with Gasteiger partial charge in [0.05, 0.1) is 4.90 Å². The number of nitrogens with two attached hydrogens (primary N) is 1. The molecule has 1 aromatic rings. The van der Waals surface area contributed by atoms with Gasteiger partial charge >= 0.3 is 6.18 Å². The highest BCUT2D eigenvalue weighted by Crippen LogP contribution is 2.25. The Bertz CT molecular complexity index is 642. The molecule has 0 heterocycles. The van der Waals surface area contributed by atoms with Crippen molar-refractivity contribution in [3.8, 4) is 0 Å². The van der Waals surface area contributed by atoms with Crippen molar-refractivity contribution >= 4 is 27.2 Å². The molecule has 0 spiro atoms. The van der Waals surface area contributed by atoms with E-state index in [-0.39, 0.29) is 22.0 Å². The van der Waals surface area contributed by atoms with E-state index < -0.39 is 22.7 Å². The summed E-state index contributed by atoms with van der Waals surface area (Å²) in [5.41, 5.74) is 6.05. The smallest absolute Gasteiger partial charge is 0.389 e. The number of thiocarbonyl (C=S) groups is 1. The Morgan fingerprint density at radius 1 is 1.38 bits per heavy atom. The molecule has 0 saturated heterocycles. The predicted octanol–water partition coefficient (Wildman–Crippen LogP) is 2.20. The SMILES string of the molecule is CCN(CC(F)(F)F)S(=O)(=O)c1cc(C(N)=S)ccc1C. The van der Waals surface area contributed by atoms with Crippen LogP contribution in [-0.2, 0) is 10.0 Å². The minimum Gasteiger partial charge on any atom is -0.389 e.